The molecule has 0 aliphatic heterocycles. The number of rotatable bonds is 4. The summed E-state index contributed by atoms with van der Waals surface area (Å²) < 4.78 is 4.93. The van der Waals surface area contributed by atoms with Gasteiger partial charge in [0, 0.05) is 32.9 Å². The molecule has 2 heteroatoms. The van der Waals surface area contributed by atoms with Gasteiger partial charge in [0.05, 0.1) is 22.1 Å². The second kappa shape index (κ2) is 10.6. The van der Waals surface area contributed by atoms with Crippen LogP contribution in [0.15, 0.2) is 182 Å². The van der Waals surface area contributed by atoms with E-state index < -0.39 is 0 Å². The largest absolute Gasteiger partial charge is 0.309 e. The zero-order valence-electron chi connectivity index (χ0n) is 26.2. The molecule has 0 amide bonds. The highest BCUT2D eigenvalue weighted by Crippen LogP contribution is 2.43. The number of fused-ring (bicyclic) bond motifs is 8. The van der Waals surface area contributed by atoms with E-state index in [9.17, 15) is 0 Å². The number of hydrogen-bond donors (Lipinski definition) is 0. The molecule has 10 rings (SSSR count). The molecule has 0 fully saturated rings. The van der Waals surface area contributed by atoms with Gasteiger partial charge in [-0.15, -0.1) is 0 Å². The number of nitrogens with zero attached hydrogens (tertiary/aromatic N) is 2. The topological polar surface area (TPSA) is 9.86 Å². The van der Waals surface area contributed by atoms with Gasteiger partial charge < -0.3 is 9.13 Å². The van der Waals surface area contributed by atoms with Crippen molar-refractivity contribution >= 4 is 54.4 Å². The first-order chi connectivity index (χ1) is 23.8. The maximum absolute atomic E-state index is 2.47. The van der Waals surface area contributed by atoms with Crippen LogP contribution in [0.5, 0.6) is 0 Å². The molecule has 0 spiro atoms. The van der Waals surface area contributed by atoms with E-state index in [-0.39, 0.29) is 0 Å². The summed E-state index contributed by atoms with van der Waals surface area (Å²) in [4.78, 5) is 0. The molecule has 0 aliphatic rings. The van der Waals surface area contributed by atoms with E-state index in [2.05, 4.69) is 191 Å². The Kier molecular flexibility index (Phi) is 5.91. The summed E-state index contributed by atoms with van der Waals surface area (Å²) in [5.41, 5.74) is 12.1. The monoisotopic (exact) mass is 610 g/mol. The van der Waals surface area contributed by atoms with Gasteiger partial charge in [0.2, 0.25) is 0 Å². The van der Waals surface area contributed by atoms with Gasteiger partial charge in [-0.25, -0.2) is 0 Å². The molecular weight excluding hydrogens is 581 g/mol. The third-order valence-electron chi connectivity index (χ3n) is 9.87. The van der Waals surface area contributed by atoms with E-state index >= 15 is 0 Å². The number of hydrogen-bond acceptors (Lipinski definition) is 0. The Bertz CT molecular complexity index is 2810. The highest BCUT2D eigenvalue weighted by atomic mass is 15.0. The number of aromatic nitrogens is 2. The fourth-order valence-corrected chi connectivity index (χ4v) is 7.77. The molecule has 0 radical (unpaired) electrons. The third-order valence-corrected chi connectivity index (χ3v) is 9.87. The van der Waals surface area contributed by atoms with E-state index in [1.165, 1.54) is 76.6 Å². The van der Waals surface area contributed by atoms with E-state index in [1.807, 2.05) is 0 Å². The van der Waals surface area contributed by atoms with Gasteiger partial charge in [-0.3, -0.25) is 0 Å². The first kappa shape index (κ1) is 26.8. The molecule has 0 unspecified atom stereocenters. The Balaban J connectivity index is 1.35. The molecule has 0 N–H and O–H groups in total. The summed E-state index contributed by atoms with van der Waals surface area (Å²) in [6.45, 7) is 0. The lowest BCUT2D eigenvalue weighted by atomic mass is 9.97. The Morgan fingerprint density at radius 2 is 0.938 bits per heavy atom. The van der Waals surface area contributed by atoms with Crippen molar-refractivity contribution < 1.29 is 0 Å². The minimum absolute atomic E-state index is 1.16. The average Bonchev–Trinajstić information content (AvgIpc) is 3.68. The normalized spacial score (nSPS) is 11.8. The summed E-state index contributed by atoms with van der Waals surface area (Å²) in [6.07, 6.45) is 0. The van der Waals surface area contributed by atoms with E-state index in [4.69, 9.17) is 0 Å². The molecule has 224 valence electrons. The molecule has 10 aromatic rings. The smallest absolute Gasteiger partial charge is 0.0641 e. The van der Waals surface area contributed by atoms with Gasteiger partial charge in [-0.05, 0) is 81.6 Å². The molecule has 0 saturated heterocycles. The van der Waals surface area contributed by atoms with Crippen molar-refractivity contribution in [2.45, 2.75) is 0 Å². The van der Waals surface area contributed by atoms with Crippen LogP contribution < -0.4 is 0 Å². The van der Waals surface area contributed by atoms with Gasteiger partial charge in [0.25, 0.3) is 0 Å². The standard InChI is InChI=1S/C46H30N2/c1-4-14-31(15-5-1)33-24-26-43-41(29-33)38-25-27-44-45(46(38)48(43)35-19-8-3-9-20-35)39-22-12-13-23-42(39)47(44)36-28-34-18-10-11-21-37(34)40(30-36)32-16-6-2-7-17-32/h1-30H. The fraction of sp³-hybridized carbons (Fsp3) is 0. The van der Waals surface area contributed by atoms with Crippen LogP contribution in [0.1, 0.15) is 0 Å². The van der Waals surface area contributed by atoms with Crippen LogP contribution in [0.4, 0.5) is 0 Å². The van der Waals surface area contributed by atoms with E-state index in [0.717, 1.165) is 11.4 Å². The molecule has 2 nitrogen and oxygen atoms in total. The van der Waals surface area contributed by atoms with Crippen molar-refractivity contribution in [2.75, 3.05) is 0 Å². The van der Waals surface area contributed by atoms with Crippen LogP contribution >= 0.6 is 0 Å². The minimum Gasteiger partial charge on any atom is -0.309 e. The van der Waals surface area contributed by atoms with Crippen LogP contribution in [0.25, 0.3) is 88.0 Å². The lowest BCUT2D eigenvalue weighted by Crippen LogP contribution is -1.96. The van der Waals surface area contributed by atoms with Crippen molar-refractivity contribution in [1.82, 2.24) is 9.13 Å². The van der Waals surface area contributed by atoms with Crippen LogP contribution in [0.3, 0.4) is 0 Å². The van der Waals surface area contributed by atoms with Crippen molar-refractivity contribution in [3.05, 3.63) is 182 Å². The molecule has 2 aromatic heterocycles. The van der Waals surface area contributed by atoms with Gasteiger partial charge in [-0.1, -0.05) is 133 Å². The number of para-hydroxylation sites is 2. The fourth-order valence-electron chi connectivity index (χ4n) is 7.77. The molecule has 8 aromatic carbocycles. The molecule has 0 saturated carbocycles. The molecule has 0 atom stereocenters. The highest BCUT2D eigenvalue weighted by molar-refractivity contribution is 6.26. The second-order valence-electron chi connectivity index (χ2n) is 12.6. The van der Waals surface area contributed by atoms with Gasteiger partial charge in [-0.2, -0.15) is 0 Å². The van der Waals surface area contributed by atoms with Crippen LogP contribution in [0, 0.1) is 0 Å². The summed E-state index contributed by atoms with van der Waals surface area (Å²) in [5, 5.41) is 7.51. The summed E-state index contributed by atoms with van der Waals surface area (Å²) in [5.74, 6) is 0. The second-order valence-corrected chi connectivity index (χ2v) is 12.6. The summed E-state index contributed by atoms with van der Waals surface area (Å²) in [7, 11) is 0. The van der Waals surface area contributed by atoms with Crippen LogP contribution in [0.2, 0.25) is 0 Å². The maximum atomic E-state index is 2.47. The first-order valence-corrected chi connectivity index (χ1v) is 16.5. The Labute approximate surface area is 278 Å². The predicted octanol–water partition coefficient (Wildman–Crippen LogP) is 12.4. The number of benzene rings is 8. The quantitative estimate of drug-likeness (QED) is 0.188. The molecule has 0 aliphatic carbocycles. The maximum Gasteiger partial charge on any atom is 0.0641 e. The van der Waals surface area contributed by atoms with Gasteiger partial charge in [0.15, 0.2) is 0 Å². The highest BCUT2D eigenvalue weighted by Gasteiger charge is 2.21. The molecule has 48 heavy (non-hydrogen) atoms. The average molecular weight is 611 g/mol. The van der Waals surface area contributed by atoms with Crippen LogP contribution in [-0.2, 0) is 0 Å². The lowest BCUT2D eigenvalue weighted by molar-refractivity contribution is 1.18. The van der Waals surface area contributed by atoms with Crippen LogP contribution in [-0.4, -0.2) is 9.13 Å². The zero-order valence-corrected chi connectivity index (χ0v) is 26.2. The van der Waals surface area contributed by atoms with E-state index in [1.54, 1.807) is 0 Å². The van der Waals surface area contributed by atoms with E-state index in [0.29, 0.717) is 0 Å². The third kappa shape index (κ3) is 4.00. The summed E-state index contributed by atoms with van der Waals surface area (Å²) in [6, 6.07) is 66.2. The van der Waals surface area contributed by atoms with Crippen molar-refractivity contribution in [2.24, 2.45) is 0 Å². The van der Waals surface area contributed by atoms with Gasteiger partial charge >= 0.3 is 0 Å². The zero-order chi connectivity index (χ0) is 31.6. The van der Waals surface area contributed by atoms with Gasteiger partial charge in [0.1, 0.15) is 0 Å². The lowest BCUT2D eigenvalue weighted by Gasteiger charge is -2.14. The summed E-state index contributed by atoms with van der Waals surface area (Å²) >= 11 is 0. The molecule has 2 heterocycles. The Morgan fingerprint density at radius 3 is 1.73 bits per heavy atom. The minimum atomic E-state index is 1.16. The van der Waals surface area contributed by atoms with Crippen molar-refractivity contribution in [3.63, 3.8) is 0 Å². The Hall–Kier alpha value is -6.38. The first-order valence-electron chi connectivity index (χ1n) is 16.5. The Morgan fingerprint density at radius 1 is 0.312 bits per heavy atom. The van der Waals surface area contributed by atoms with Crippen molar-refractivity contribution in [3.8, 4) is 33.6 Å². The molecular formula is C46H30N2. The molecule has 0 bridgehead atoms. The van der Waals surface area contributed by atoms with Crippen molar-refractivity contribution in [1.29, 1.82) is 0 Å². The SMILES string of the molecule is c1ccc(-c2ccc3c(c2)c2ccc4c(c5ccccc5n4-c4cc(-c5ccccc5)c5ccccc5c4)c2n3-c2ccccc2)cc1. The predicted molar refractivity (Wildman–Crippen MR) is 203 cm³/mol.